The molecule has 2 atom stereocenters. The molecule has 5 heteroatoms. The molecule has 20 heavy (non-hydrogen) atoms. The molecule has 1 aromatic rings. The zero-order chi connectivity index (χ0) is 14.3. The number of carbonyl (C=O) groups excluding carboxylic acids is 1. The van der Waals surface area contributed by atoms with Crippen molar-refractivity contribution >= 4 is 6.09 Å². The molecule has 0 saturated carbocycles. The van der Waals surface area contributed by atoms with Gasteiger partial charge in [-0.25, -0.2) is 9.78 Å². The predicted molar refractivity (Wildman–Crippen MR) is 73.8 cm³/mol. The third-order valence-corrected chi connectivity index (χ3v) is 3.67. The summed E-state index contributed by atoms with van der Waals surface area (Å²) in [5.74, 6) is 1.06. The Balaban J connectivity index is 1.68. The van der Waals surface area contributed by atoms with Gasteiger partial charge < -0.3 is 14.4 Å². The quantitative estimate of drug-likeness (QED) is 0.730. The standard InChI is InChI=1S/C15H20N2O3/c1-15(2,3)20-14(18)17-8-6-10-11-5-4-7-16-13(11)19-12(10)9-17/h4-5,7,10,12H,6,8-9H2,1-3H3. The summed E-state index contributed by atoms with van der Waals surface area (Å²) >= 11 is 0. The van der Waals surface area contributed by atoms with Crippen molar-refractivity contribution in [2.45, 2.75) is 44.8 Å². The molecule has 2 unspecified atom stereocenters. The highest BCUT2D eigenvalue weighted by atomic mass is 16.6. The number of pyridine rings is 1. The van der Waals surface area contributed by atoms with Crippen molar-refractivity contribution in [1.82, 2.24) is 9.88 Å². The normalized spacial score (nSPS) is 24.6. The Kier molecular flexibility index (Phi) is 3.07. The minimum Gasteiger partial charge on any atom is -0.472 e. The molecule has 0 spiro atoms. The van der Waals surface area contributed by atoms with Crippen LogP contribution in [0.2, 0.25) is 0 Å². The predicted octanol–water partition coefficient (Wildman–Crippen LogP) is 2.57. The topological polar surface area (TPSA) is 51.7 Å². The highest BCUT2D eigenvalue weighted by molar-refractivity contribution is 5.68. The number of aromatic nitrogens is 1. The molecule has 0 aliphatic carbocycles. The maximum Gasteiger partial charge on any atom is 0.410 e. The summed E-state index contributed by atoms with van der Waals surface area (Å²) in [4.78, 5) is 18.1. The van der Waals surface area contributed by atoms with Crippen molar-refractivity contribution in [1.29, 1.82) is 0 Å². The average molecular weight is 276 g/mol. The minimum atomic E-state index is -0.463. The Morgan fingerprint density at radius 2 is 2.30 bits per heavy atom. The van der Waals surface area contributed by atoms with E-state index in [1.165, 1.54) is 5.56 Å². The summed E-state index contributed by atoms with van der Waals surface area (Å²) in [7, 11) is 0. The van der Waals surface area contributed by atoms with Gasteiger partial charge in [0.25, 0.3) is 0 Å². The lowest BCUT2D eigenvalue weighted by molar-refractivity contribution is 0.00757. The lowest BCUT2D eigenvalue weighted by atomic mass is 9.90. The highest BCUT2D eigenvalue weighted by Gasteiger charge is 2.41. The number of nitrogens with zero attached hydrogens (tertiary/aromatic N) is 2. The Hall–Kier alpha value is -1.78. The van der Waals surface area contributed by atoms with Gasteiger partial charge >= 0.3 is 6.09 Å². The van der Waals surface area contributed by atoms with E-state index in [-0.39, 0.29) is 12.2 Å². The molecular weight excluding hydrogens is 256 g/mol. The lowest BCUT2D eigenvalue weighted by Gasteiger charge is -2.35. The van der Waals surface area contributed by atoms with Crippen LogP contribution in [-0.4, -0.2) is 40.8 Å². The molecule has 1 saturated heterocycles. The maximum atomic E-state index is 12.1. The Morgan fingerprint density at radius 3 is 3.05 bits per heavy atom. The van der Waals surface area contributed by atoms with E-state index in [0.29, 0.717) is 24.9 Å². The van der Waals surface area contributed by atoms with E-state index < -0.39 is 5.60 Å². The summed E-state index contributed by atoms with van der Waals surface area (Å²) in [5, 5.41) is 0. The van der Waals surface area contributed by atoms with E-state index in [0.717, 1.165) is 6.42 Å². The maximum absolute atomic E-state index is 12.1. The van der Waals surface area contributed by atoms with Crippen LogP contribution in [0, 0.1) is 0 Å². The molecule has 0 N–H and O–H groups in total. The van der Waals surface area contributed by atoms with Crippen molar-refractivity contribution in [2.24, 2.45) is 0 Å². The van der Waals surface area contributed by atoms with Crippen molar-refractivity contribution in [3.05, 3.63) is 23.9 Å². The van der Waals surface area contributed by atoms with Crippen LogP contribution in [0.1, 0.15) is 38.7 Å². The van der Waals surface area contributed by atoms with Gasteiger partial charge in [0.2, 0.25) is 5.88 Å². The Bertz CT molecular complexity index is 524. The van der Waals surface area contributed by atoms with Crippen LogP contribution in [0.25, 0.3) is 0 Å². The van der Waals surface area contributed by atoms with Gasteiger partial charge in [0.05, 0.1) is 6.54 Å². The van der Waals surface area contributed by atoms with E-state index in [1.807, 2.05) is 26.8 Å². The molecule has 108 valence electrons. The number of hydrogen-bond acceptors (Lipinski definition) is 4. The monoisotopic (exact) mass is 276 g/mol. The molecular formula is C15H20N2O3. The first-order chi connectivity index (χ1) is 9.44. The van der Waals surface area contributed by atoms with E-state index in [1.54, 1.807) is 11.1 Å². The Labute approximate surface area is 118 Å². The fraction of sp³-hybridized carbons (Fsp3) is 0.600. The minimum absolute atomic E-state index is 0.00108. The molecule has 3 heterocycles. The van der Waals surface area contributed by atoms with E-state index >= 15 is 0 Å². The van der Waals surface area contributed by atoms with Crippen LogP contribution in [0.15, 0.2) is 18.3 Å². The van der Waals surface area contributed by atoms with Crippen molar-refractivity contribution in [3.63, 3.8) is 0 Å². The fourth-order valence-electron chi connectivity index (χ4n) is 2.81. The second-order valence-corrected chi connectivity index (χ2v) is 6.38. The molecule has 2 aliphatic heterocycles. The van der Waals surface area contributed by atoms with Crippen molar-refractivity contribution in [2.75, 3.05) is 13.1 Å². The lowest BCUT2D eigenvalue weighted by Crippen LogP contribution is -2.47. The number of carbonyl (C=O) groups is 1. The van der Waals surface area contributed by atoms with Crippen molar-refractivity contribution in [3.8, 4) is 5.88 Å². The molecule has 1 fully saturated rings. The second kappa shape index (κ2) is 4.65. The molecule has 5 nitrogen and oxygen atoms in total. The van der Waals surface area contributed by atoms with Gasteiger partial charge in [-0.05, 0) is 33.3 Å². The number of ether oxygens (including phenoxy) is 2. The number of fused-ring (bicyclic) bond motifs is 3. The number of rotatable bonds is 0. The third kappa shape index (κ3) is 2.44. The van der Waals surface area contributed by atoms with Crippen LogP contribution in [0.4, 0.5) is 4.79 Å². The molecule has 3 rings (SSSR count). The zero-order valence-electron chi connectivity index (χ0n) is 12.1. The molecule has 0 radical (unpaired) electrons. The van der Waals surface area contributed by atoms with Crippen LogP contribution in [0.3, 0.4) is 0 Å². The van der Waals surface area contributed by atoms with Gasteiger partial charge in [-0.1, -0.05) is 6.07 Å². The number of amides is 1. The van der Waals surface area contributed by atoms with Gasteiger partial charge in [0.15, 0.2) is 0 Å². The summed E-state index contributed by atoms with van der Waals surface area (Å²) in [6.07, 6.45) is 2.37. The number of piperidine rings is 1. The van der Waals surface area contributed by atoms with Crippen LogP contribution < -0.4 is 4.74 Å². The van der Waals surface area contributed by atoms with Gasteiger partial charge in [-0.2, -0.15) is 0 Å². The highest BCUT2D eigenvalue weighted by Crippen LogP contribution is 2.41. The van der Waals surface area contributed by atoms with E-state index in [9.17, 15) is 4.79 Å². The largest absolute Gasteiger partial charge is 0.472 e. The first-order valence-corrected chi connectivity index (χ1v) is 7.03. The van der Waals surface area contributed by atoms with Gasteiger partial charge in [-0.15, -0.1) is 0 Å². The third-order valence-electron chi connectivity index (χ3n) is 3.67. The van der Waals surface area contributed by atoms with Crippen molar-refractivity contribution < 1.29 is 14.3 Å². The first-order valence-electron chi connectivity index (χ1n) is 7.03. The summed E-state index contributed by atoms with van der Waals surface area (Å²) in [6, 6.07) is 4.00. The van der Waals surface area contributed by atoms with Gasteiger partial charge in [0, 0.05) is 24.2 Å². The first kappa shape index (κ1) is 13.2. The van der Waals surface area contributed by atoms with E-state index in [4.69, 9.17) is 9.47 Å². The van der Waals surface area contributed by atoms with Gasteiger partial charge in [-0.3, -0.25) is 0 Å². The summed E-state index contributed by atoms with van der Waals surface area (Å²) in [6.45, 7) is 6.90. The average Bonchev–Trinajstić information content (AvgIpc) is 2.74. The molecule has 0 aromatic carbocycles. The second-order valence-electron chi connectivity index (χ2n) is 6.38. The van der Waals surface area contributed by atoms with Crippen LogP contribution in [0.5, 0.6) is 5.88 Å². The summed E-state index contributed by atoms with van der Waals surface area (Å²) < 4.78 is 11.3. The molecule has 1 amide bonds. The van der Waals surface area contributed by atoms with Gasteiger partial charge in [0.1, 0.15) is 11.7 Å². The van der Waals surface area contributed by atoms with E-state index in [2.05, 4.69) is 11.1 Å². The van der Waals surface area contributed by atoms with Crippen LogP contribution >= 0.6 is 0 Å². The molecule has 2 aliphatic rings. The smallest absolute Gasteiger partial charge is 0.410 e. The SMILES string of the molecule is CC(C)(C)OC(=O)N1CCC2c3cccnc3OC2C1. The molecule has 0 bridgehead atoms. The number of likely N-dealkylation sites (tertiary alicyclic amines) is 1. The zero-order valence-corrected chi connectivity index (χ0v) is 12.1. The Morgan fingerprint density at radius 1 is 1.50 bits per heavy atom. The summed E-state index contributed by atoms with van der Waals surface area (Å²) in [5.41, 5.74) is 0.705. The van der Waals surface area contributed by atoms with Crippen LogP contribution in [-0.2, 0) is 4.74 Å². The fourth-order valence-corrected chi connectivity index (χ4v) is 2.81. The number of hydrogen-bond donors (Lipinski definition) is 0. The molecule has 1 aromatic heterocycles.